The van der Waals surface area contributed by atoms with Crippen molar-refractivity contribution >= 4 is 12.0 Å². The molecule has 0 aliphatic carbocycles. The molecule has 0 spiro atoms. The molecule has 0 aromatic carbocycles. The molecule has 0 saturated heterocycles. The van der Waals surface area contributed by atoms with Crippen molar-refractivity contribution in [2.24, 2.45) is 0 Å². The number of hydrogen-bond acceptors (Lipinski definition) is 5. The number of furan rings is 1. The minimum absolute atomic E-state index is 0.0753. The van der Waals surface area contributed by atoms with Crippen molar-refractivity contribution in [2.75, 3.05) is 5.43 Å². The Labute approximate surface area is 96.0 Å². The quantitative estimate of drug-likeness (QED) is 0.612. The molecule has 7 nitrogen and oxygen atoms in total. The van der Waals surface area contributed by atoms with Gasteiger partial charge in [-0.15, -0.1) is 10.2 Å². The van der Waals surface area contributed by atoms with Crippen LogP contribution in [0.5, 0.6) is 0 Å². The molecule has 2 aromatic heterocycles. The van der Waals surface area contributed by atoms with Crippen LogP contribution in [0.4, 0.5) is 0 Å². The zero-order valence-electron chi connectivity index (χ0n) is 8.57. The lowest BCUT2D eigenvalue weighted by molar-refractivity contribution is -0.113. The van der Waals surface area contributed by atoms with Gasteiger partial charge in [0.2, 0.25) is 0 Å². The monoisotopic (exact) mass is 229 g/mol. The van der Waals surface area contributed by atoms with Gasteiger partial charge in [-0.05, 0) is 12.1 Å². The fourth-order valence-corrected chi connectivity index (χ4v) is 1.10. The summed E-state index contributed by atoms with van der Waals surface area (Å²) in [5.41, 5.74) is 2.33. The Morgan fingerprint density at radius 2 is 2.29 bits per heavy atom. The third kappa shape index (κ3) is 2.57. The number of rotatable bonds is 3. The predicted octanol–water partition coefficient (Wildman–Crippen LogP) is 0.548. The van der Waals surface area contributed by atoms with E-state index in [0.717, 1.165) is 0 Å². The summed E-state index contributed by atoms with van der Waals surface area (Å²) in [5.74, 6) is -0.135. The highest BCUT2D eigenvalue weighted by molar-refractivity contribution is 6.06. The minimum Gasteiger partial charge on any atom is -0.465 e. The van der Waals surface area contributed by atoms with Crippen LogP contribution in [0.1, 0.15) is 5.76 Å². The first-order chi connectivity index (χ1) is 8.29. The van der Waals surface area contributed by atoms with Crippen LogP contribution < -0.4 is 5.43 Å². The van der Waals surface area contributed by atoms with Gasteiger partial charge in [-0.2, -0.15) is 5.26 Å². The van der Waals surface area contributed by atoms with E-state index in [1.165, 1.54) is 29.7 Å². The zero-order valence-corrected chi connectivity index (χ0v) is 8.57. The molecule has 7 heteroatoms. The molecule has 0 aliphatic heterocycles. The largest absolute Gasteiger partial charge is 0.465 e. The predicted molar refractivity (Wildman–Crippen MR) is 56.7 cm³/mol. The van der Waals surface area contributed by atoms with Crippen LogP contribution in [0, 0.1) is 11.3 Å². The molecule has 0 bridgehead atoms. The number of carbonyl (C=O) groups excluding carboxylic acids is 1. The third-order valence-electron chi connectivity index (χ3n) is 1.84. The highest BCUT2D eigenvalue weighted by Crippen LogP contribution is 2.07. The molecule has 1 N–H and O–H groups in total. The van der Waals surface area contributed by atoms with Crippen molar-refractivity contribution in [2.45, 2.75) is 0 Å². The first kappa shape index (κ1) is 10.6. The Hall–Kier alpha value is -2.88. The molecule has 0 fully saturated rings. The number of nitrogens with one attached hydrogen (secondary N) is 1. The van der Waals surface area contributed by atoms with E-state index in [9.17, 15) is 4.79 Å². The van der Waals surface area contributed by atoms with Gasteiger partial charge >= 0.3 is 0 Å². The molecule has 84 valence electrons. The second kappa shape index (κ2) is 4.76. The number of nitrogens with zero attached hydrogens (tertiary/aromatic N) is 4. The molecule has 1 amide bonds. The minimum atomic E-state index is -0.566. The summed E-state index contributed by atoms with van der Waals surface area (Å²) in [6, 6.07) is 5.09. The number of carbonyl (C=O) groups is 1. The smallest absolute Gasteiger partial charge is 0.280 e. The summed E-state index contributed by atoms with van der Waals surface area (Å²) in [6.07, 6.45) is 5.41. The normalized spacial score (nSPS) is 10.9. The molecule has 2 rings (SSSR count). The summed E-state index contributed by atoms with van der Waals surface area (Å²) < 4.78 is 6.26. The van der Waals surface area contributed by atoms with Crippen LogP contribution in [-0.4, -0.2) is 20.8 Å². The molecule has 17 heavy (non-hydrogen) atoms. The SMILES string of the molecule is N#CC(=Cc1ccco1)C(=O)Nn1cnnc1. The van der Waals surface area contributed by atoms with Gasteiger partial charge in [0.1, 0.15) is 30.1 Å². The molecule has 0 radical (unpaired) electrons. The van der Waals surface area contributed by atoms with E-state index in [0.29, 0.717) is 5.76 Å². The van der Waals surface area contributed by atoms with Crippen LogP contribution in [0.3, 0.4) is 0 Å². The molecular formula is C10H7N5O2. The van der Waals surface area contributed by atoms with Gasteiger partial charge in [0.25, 0.3) is 5.91 Å². The van der Waals surface area contributed by atoms with Gasteiger partial charge in [0.15, 0.2) is 0 Å². The van der Waals surface area contributed by atoms with Gasteiger partial charge in [-0.1, -0.05) is 0 Å². The summed E-state index contributed by atoms with van der Waals surface area (Å²) in [6.45, 7) is 0. The highest BCUT2D eigenvalue weighted by atomic mass is 16.3. The lowest BCUT2D eigenvalue weighted by Crippen LogP contribution is -2.22. The maximum Gasteiger partial charge on any atom is 0.280 e. The van der Waals surface area contributed by atoms with Gasteiger partial charge in [-0.3, -0.25) is 10.2 Å². The lowest BCUT2D eigenvalue weighted by Gasteiger charge is -2.01. The standard InChI is InChI=1S/C10H7N5O2/c11-5-8(4-9-2-1-3-17-9)10(16)14-15-6-12-13-7-15/h1-4,6-7H,(H,14,16). The molecule has 0 unspecified atom stereocenters. The van der Waals surface area contributed by atoms with Crippen molar-refractivity contribution in [3.05, 3.63) is 42.4 Å². The van der Waals surface area contributed by atoms with E-state index in [-0.39, 0.29) is 5.57 Å². The highest BCUT2D eigenvalue weighted by Gasteiger charge is 2.09. The summed E-state index contributed by atoms with van der Waals surface area (Å²) in [5, 5.41) is 15.9. The van der Waals surface area contributed by atoms with E-state index in [1.54, 1.807) is 18.2 Å². The van der Waals surface area contributed by atoms with Crippen LogP contribution in [0.25, 0.3) is 6.08 Å². The Kier molecular flexibility index (Phi) is 2.98. The third-order valence-corrected chi connectivity index (χ3v) is 1.84. The second-order valence-electron chi connectivity index (χ2n) is 3.00. The van der Waals surface area contributed by atoms with Crippen molar-refractivity contribution in [3.8, 4) is 6.07 Å². The van der Waals surface area contributed by atoms with Gasteiger partial charge in [0, 0.05) is 6.08 Å². The fourth-order valence-electron chi connectivity index (χ4n) is 1.10. The fraction of sp³-hybridized carbons (Fsp3) is 0. The first-order valence-electron chi connectivity index (χ1n) is 4.61. The average molecular weight is 229 g/mol. The number of nitriles is 1. The lowest BCUT2D eigenvalue weighted by atomic mass is 10.2. The summed E-state index contributed by atoms with van der Waals surface area (Å²) in [7, 11) is 0. The second-order valence-corrected chi connectivity index (χ2v) is 3.00. The molecule has 2 aromatic rings. The molecule has 2 heterocycles. The van der Waals surface area contributed by atoms with Crippen molar-refractivity contribution in [1.29, 1.82) is 5.26 Å². The topological polar surface area (TPSA) is 96.7 Å². The van der Waals surface area contributed by atoms with E-state index in [2.05, 4.69) is 15.6 Å². The summed E-state index contributed by atoms with van der Waals surface area (Å²) >= 11 is 0. The van der Waals surface area contributed by atoms with Crippen LogP contribution >= 0.6 is 0 Å². The molecular weight excluding hydrogens is 222 g/mol. The van der Waals surface area contributed by atoms with Gasteiger partial charge < -0.3 is 4.42 Å². The van der Waals surface area contributed by atoms with Crippen LogP contribution in [0.2, 0.25) is 0 Å². The Morgan fingerprint density at radius 3 is 2.88 bits per heavy atom. The van der Waals surface area contributed by atoms with Crippen molar-refractivity contribution in [3.63, 3.8) is 0 Å². The number of aromatic nitrogens is 3. The maximum atomic E-state index is 11.6. The van der Waals surface area contributed by atoms with Gasteiger partial charge in [0.05, 0.1) is 6.26 Å². The van der Waals surface area contributed by atoms with Crippen molar-refractivity contribution in [1.82, 2.24) is 14.9 Å². The van der Waals surface area contributed by atoms with Crippen LogP contribution in [0.15, 0.2) is 41.0 Å². The van der Waals surface area contributed by atoms with E-state index in [4.69, 9.17) is 9.68 Å². The van der Waals surface area contributed by atoms with E-state index < -0.39 is 5.91 Å². The Morgan fingerprint density at radius 1 is 1.53 bits per heavy atom. The zero-order chi connectivity index (χ0) is 12.1. The Balaban J connectivity index is 2.14. The first-order valence-corrected chi connectivity index (χ1v) is 4.61. The average Bonchev–Trinajstić information content (AvgIpc) is 2.97. The van der Waals surface area contributed by atoms with E-state index >= 15 is 0 Å². The van der Waals surface area contributed by atoms with Crippen LogP contribution in [-0.2, 0) is 4.79 Å². The molecule has 0 saturated carbocycles. The van der Waals surface area contributed by atoms with E-state index in [1.807, 2.05) is 0 Å². The molecule has 0 atom stereocenters. The summed E-state index contributed by atoms with van der Waals surface area (Å²) in [4.78, 5) is 11.6. The van der Waals surface area contributed by atoms with Gasteiger partial charge in [-0.25, -0.2) is 4.68 Å². The maximum absolute atomic E-state index is 11.6. The van der Waals surface area contributed by atoms with Crippen molar-refractivity contribution < 1.29 is 9.21 Å². The number of amides is 1. The number of hydrogen-bond donors (Lipinski definition) is 1. The molecule has 0 aliphatic rings. The Bertz CT molecular complexity index is 562.